The molecular formula is C17H34N2. The summed E-state index contributed by atoms with van der Waals surface area (Å²) in [5, 5.41) is 3.81. The minimum Gasteiger partial charge on any atom is -0.314 e. The van der Waals surface area contributed by atoms with Crippen molar-refractivity contribution in [1.29, 1.82) is 0 Å². The van der Waals surface area contributed by atoms with E-state index in [1.54, 1.807) is 0 Å². The maximum atomic E-state index is 3.81. The Balaban J connectivity index is 1.80. The Labute approximate surface area is 120 Å². The van der Waals surface area contributed by atoms with E-state index in [1.807, 2.05) is 0 Å². The smallest absolute Gasteiger partial charge is 0.0107 e. The lowest BCUT2D eigenvalue weighted by atomic mass is 9.83. The second kappa shape index (κ2) is 8.26. The van der Waals surface area contributed by atoms with E-state index in [4.69, 9.17) is 0 Å². The van der Waals surface area contributed by atoms with Crippen LogP contribution in [0.4, 0.5) is 0 Å². The number of nitrogens with one attached hydrogen (secondary N) is 1. The summed E-state index contributed by atoms with van der Waals surface area (Å²) >= 11 is 0. The summed E-state index contributed by atoms with van der Waals surface area (Å²) in [7, 11) is 0. The van der Waals surface area contributed by atoms with E-state index in [0.29, 0.717) is 0 Å². The molecule has 0 aromatic rings. The first-order valence-electron chi connectivity index (χ1n) is 8.79. The van der Waals surface area contributed by atoms with Crippen LogP contribution in [0, 0.1) is 11.8 Å². The monoisotopic (exact) mass is 266 g/mol. The zero-order chi connectivity index (χ0) is 13.5. The van der Waals surface area contributed by atoms with Gasteiger partial charge in [-0.3, -0.25) is 0 Å². The predicted octanol–water partition coefficient (Wildman–Crippen LogP) is 3.67. The Kier molecular flexibility index (Phi) is 6.66. The maximum absolute atomic E-state index is 3.81. The summed E-state index contributed by atoms with van der Waals surface area (Å²) in [5.41, 5.74) is 0. The van der Waals surface area contributed by atoms with E-state index in [0.717, 1.165) is 17.9 Å². The molecule has 0 spiro atoms. The first-order valence-corrected chi connectivity index (χ1v) is 8.79. The zero-order valence-electron chi connectivity index (χ0n) is 13.2. The van der Waals surface area contributed by atoms with Crippen LogP contribution in [0.1, 0.15) is 65.2 Å². The molecule has 3 unspecified atom stereocenters. The Hall–Kier alpha value is -0.0800. The van der Waals surface area contributed by atoms with Crippen LogP contribution in [-0.2, 0) is 0 Å². The Morgan fingerprint density at radius 1 is 1.05 bits per heavy atom. The molecule has 1 N–H and O–H groups in total. The summed E-state index contributed by atoms with van der Waals surface area (Å²) in [5.74, 6) is 1.88. The fourth-order valence-corrected chi connectivity index (χ4v) is 4.01. The third-order valence-electron chi connectivity index (χ3n) is 5.24. The van der Waals surface area contributed by atoms with Crippen LogP contribution in [0.5, 0.6) is 0 Å². The SMILES string of the molecule is CCCNC1CCCCC1CN1CCCC(CC)C1. The van der Waals surface area contributed by atoms with Crippen molar-refractivity contribution < 1.29 is 0 Å². The van der Waals surface area contributed by atoms with Gasteiger partial charge in [-0.1, -0.05) is 33.1 Å². The highest BCUT2D eigenvalue weighted by atomic mass is 15.1. The lowest BCUT2D eigenvalue weighted by molar-refractivity contribution is 0.119. The molecule has 2 heteroatoms. The van der Waals surface area contributed by atoms with Gasteiger partial charge in [-0.15, -0.1) is 0 Å². The number of piperidine rings is 1. The van der Waals surface area contributed by atoms with Gasteiger partial charge in [0.15, 0.2) is 0 Å². The molecule has 0 bridgehead atoms. The largest absolute Gasteiger partial charge is 0.314 e. The topological polar surface area (TPSA) is 15.3 Å². The second-order valence-electron chi connectivity index (χ2n) is 6.78. The van der Waals surface area contributed by atoms with Crippen molar-refractivity contribution in [3.8, 4) is 0 Å². The van der Waals surface area contributed by atoms with Gasteiger partial charge in [0.05, 0.1) is 0 Å². The van der Waals surface area contributed by atoms with Crippen molar-refractivity contribution in [3.05, 3.63) is 0 Å². The van der Waals surface area contributed by atoms with E-state index in [9.17, 15) is 0 Å². The molecule has 1 aliphatic carbocycles. The highest BCUT2D eigenvalue weighted by Crippen LogP contribution is 2.27. The standard InChI is InChI=1S/C17H34N2/c1-3-11-18-17-10-6-5-9-16(17)14-19-12-7-8-15(4-2)13-19/h15-18H,3-14H2,1-2H3. The summed E-state index contributed by atoms with van der Waals surface area (Å²) in [6.07, 6.45) is 11.3. The molecule has 1 saturated carbocycles. The van der Waals surface area contributed by atoms with Gasteiger partial charge in [-0.25, -0.2) is 0 Å². The van der Waals surface area contributed by atoms with Crippen LogP contribution in [-0.4, -0.2) is 37.1 Å². The average molecular weight is 266 g/mol. The number of nitrogens with zero attached hydrogens (tertiary/aromatic N) is 1. The van der Waals surface area contributed by atoms with Crippen LogP contribution in [0.25, 0.3) is 0 Å². The van der Waals surface area contributed by atoms with Crippen LogP contribution in [0.3, 0.4) is 0 Å². The van der Waals surface area contributed by atoms with Gasteiger partial charge < -0.3 is 10.2 Å². The summed E-state index contributed by atoms with van der Waals surface area (Å²) in [6, 6.07) is 0.802. The van der Waals surface area contributed by atoms with Crippen molar-refractivity contribution in [3.63, 3.8) is 0 Å². The highest BCUT2D eigenvalue weighted by Gasteiger charge is 2.28. The Morgan fingerprint density at radius 3 is 2.68 bits per heavy atom. The third-order valence-corrected chi connectivity index (χ3v) is 5.24. The van der Waals surface area contributed by atoms with Gasteiger partial charge in [0.25, 0.3) is 0 Å². The molecule has 112 valence electrons. The van der Waals surface area contributed by atoms with E-state index in [2.05, 4.69) is 24.1 Å². The Morgan fingerprint density at radius 2 is 1.89 bits per heavy atom. The number of likely N-dealkylation sites (tertiary alicyclic amines) is 1. The first kappa shape index (κ1) is 15.3. The summed E-state index contributed by atoms with van der Waals surface area (Å²) in [4.78, 5) is 2.77. The fourth-order valence-electron chi connectivity index (χ4n) is 4.01. The molecular weight excluding hydrogens is 232 g/mol. The van der Waals surface area contributed by atoms with Gasteiger partial charge in [-0.05, 0) is 57.0 Å². The predicted molar refractivity (Wildman–Crippen MR) is 83.5 cm³/mol. The third kappa shape index (κ3) is 4.75. The van der Waals surface area contributed by atoms with Crippen LogP contribution in [0.2, 0.25) is 0 Å². The molecule has 0 aromatic heterocycles. The normalized spacial score (nSPS) is 33.5. The van der Waals surface area contributed by atoms with Gasteiger partial charge >= 0.3 is 0 Å². The van der Waals surface area contributed by atoms with Crippen molar-refractivity contribution in [2.24, 2.45) is 11.8 Å². The molecule has 0 aromatic carbocycles. The van der Waals surface area contributed by atoms with Gasteiger partial charge in [0.2, 0.25) is 0 Å². The lowest BCUT2D eigenvalue weighted by Gasteiger charge is -2.39. The molecule has 19 heavy (non-hydrogen) atoms. The molecule has 2 nitrogen and oxygen atoms in total. The lowest BCUT2D eigenvalue weighted by Crippen LogP contribution is -2.46. The number of hydrogen-bond acceptors (Lipinski definition) is 2. The molecule has 0 amide bonds. The average Bonchev–Trinajstić information content (AvgIpc) is 2.46. The van der Waals surface area contributed by atoms with Crippen molar-refractivity contribution in [2.45, 2.75) is 71.3 Å². The molecule has 2 aliphatic rings. The van der Waals surface area contributed by atoms with Crippen molar-refractivity contribution >= 4 is 0 Å². The quantitative estimate of drug-likeness (QED) is 0.789. The second-order valence-corrected chi connectivity index (χ2v) is 6.78. The number of rotatable bonds is 6. The van der Waals surface area contributed by atoms with E-state index >= 15 is 0 Å². The Bertz CT molecular complexity index is 241. The molecule has 2 fully saturated rings. The highest BCUT2D eigenvalue weighted by molar-refractivity contribution is 4.84. The molecule has 1 heterocycles. The van der Waals surface area contributed by atoms with Crippen LogP contribution < -0.4 is 5.32 Å². The molecule has 3 atom stereocenters. The molecule has 2 rings (SSSR count). The van der Waals surface area contributed by atoms with Gasteiger partial charge in [0.1, 0.15) is 0 Å². The van der Waals surface area contributed by atoms with E-state index < -0.39 is 0 Å². The van der Waals surface area contributed by atoms with Crippen LogP contribution in [0.15, 0.2) is 0 Å². The molecule has 1 aliphatic heterocycles. The zero-order valence-corrected chi connectivity index (χ0v) is 13.2. The molecule has 1 saturated heterocycles. The maximum Gasteiger partial charge on any atom is 0.0107 e. The summed E-state index contributed by atoms with van der Waals surface area (Å²) in [6.45, 7) is 9.93. The van der Waals surface area contributed by atoms with Gasteiger partial charge in [0, 0.05) is 19.1 Å². The van der Waals surface area contributed by atoms with Crippen molar-refractivity contribution in [1.82, 2.24) is 10.2 Å². The van der Waals surface area contributed by atoms with E-state index in [-0.39, 0.29) is 0 Å². The summed E-state index contributed by atoms with van der Waals surface area (Å²) < 4.78 is 0. The minimum absolute atomic E-state index is 0.802. The fraction of sp³-hybridized carbons (Fsp3) is 1.00. The van der Waals surface area contributed by atoms with Crippen molar-refractivity contribution in [2.75, 3.05) is 26.2 Å². The number of hydrogen-bond donors (Lipinski definition) is 1. The minimum atomic E-state index is 0.802. The molecule has 0 radical (unpaired) electrons. The van der Waals surface area contributed by atoms with Gasteiger partial charge in [-0.2, -0.15) is 0 Å². The first-order chi connectivity index (χ1) is 9.33. The van der Waals surface area contributed by atoms with Crippen LogP contribution >= 0.6 is 0 Å². The van der Waals surface area contributed by atoms with E-state index in [1.165, 1.54) is 77.5 Å².